The van der Waals surface area contributed by atoms with Gasteiger partial charge in [0.25, 0.3) is 6.43 Å². The lowest BCUT2D eigenvalue weighted by Crippen LogP contribution is -2.14. The number of aliphatic hydroxyl groups excluding tert-OH is 1. The number of alkyl halides is 2. The predicted molar refractivity (Wildman–Crippen MR) is 89.2 cm³/mol. The maximum absolute atomic E-state index is 13.1. The van der Waals surface area contributed by atoms with Gasteiger partial charge in [0.05, 0.1) is 0 Å². The number of nitrogens with zero attached hydrogens (tertiary/aromatic N) is 2. The van der Waals surface area contributed by atoms with Crippen LogP contribution in [0.2, 0.25) is 0 Å². The molecule has 24 heavy (non-hydrogen) atoms. The van der Waals surface area contributed by atoms with Crippen LogP contribution in [0.15, 0.2) is 24.4 Å². The molecule has 1 aromatic heterocycles. The molecule has 2 N–H and O–H groups in total. The van der Waals surface area contributed by atoms with E-state index in [1.165, 1.54) is 16.4 Å². The van der Waals surface area contributed by atoms with Gasteiger partial charge in [-0.15, -0.1) is 0 Å². The van der Waals surface area contributed by atoms with Gasteiger partial charge in [-0.3, -0.25) is 4.68 Å². The summed E-state index contributed by atoms with van der Waals surface area (Å²) in [5.41, 5.74) is 2.98. The first kappa shape index (κ1) is 16.9. The van der Waals surface area contributed by atoms with Crippen molar-refractivity contribution in [2.45, 2.75) is 51.2 Å². The summed E-state index contributed by atoms with van der Waals surface area (Å²) in [6.45, 7) is 6.55. The first-order valence-corrected chi connectivity index (χ1v) is 8.10. The van der Waals surface area contributed by atoms with Gasteiger partial charge in [0.15, 0.2) is 6.23 Å². The summed E-state index contributed by atoms with van der Waals surface area (Å²) in [5, 5.41) is 17.2. The van der Waals surface area contributed by atoms with Gasteiger partial charge in [0, 0.05) is 24.5 Å². The Hall–Kier alpha value is -1.95. The van der Waals surface area contributed by atoms with Crippen molar-refractivity contribution in [3.63, 3.8) is 0 Å². The third kappa shape index (κ3) is 2.79. The first-order chi connectivity index (χ1) is 11.2. The fourth-order valence-electron chi connectivity index (χ4n) is 3.92. The Bertz CT molecular complexity index is 755. The van der Waals surface area contributed by atoms with E-state index in [4.69, 9.17) is 0 Å². The van der Waals surface area contributed by atoms with Crippen molar-refractivity contribution in [3.8, 4) is 0 Å². The molecule has 2 aromatic rings. The molecule has 0 saturated carbocycles. The smallest absolute Gasteiger partial charge is 0.282 e. The fourth-order valence-corrected chi connectivity index (χ4v) is 3.92. The van der Waals surface area contributed by atoms with Crippen molar-refractivity contribution in [2.75, 3.05) is 5.32 Å². The van der Waals surface area contributed by atoms with Crippen LogP contribution in [-0.4, -0.2) is 14.9 Å². The molecule has 0 fully saturated rings. The molecule has 130 valence electrons. The van der Waals surface area contributed by atoms with Crippen LogP contribution in [0.5, 0.6) is 0 Å². The number of hydrogen-bond acceptors (Lipinski definition) is 3. The Morgan fingerprint density at radius 1 is 1.38 bits per heavy atom. The van der Waals surface area contributed by atoms with Crippen molar-refractivity contribution >= 4 is 5.69 Å². The highest BCUT2D eigenvalue weighted by molar-refractivity contribution is 5.61. The maximum Gasteiger partial charge on any atom is 0.282 e. The van der Waals surface area contributed by atoms with Gasteiger partial charge in [-0.1, -0.05) is 32.9 Å². The van der Waals surface area contributed by atoms with E-state index in [0.29, 0.717) is 5.92 Å². The van der Waals surface area contributed by atoms with E-state index in [9.17, 15) is 13.9 Å². The fraction of sp³-hybridized carbons (Fsp3) is 0.500. The Kier molecular flexibility index (Phi) is 4.11. The molecule has 0 amide bonds. The number of benzene rings is 1. The van der Waals surface area contributed by atoms with Crippen LogP contribution in [0.4, 0.5) is 14.5 Å². The van der Waals surface area contributed by atoms with Crippen molar-refractivity contribution in [3.05, 3.63) is 46.8 Å². The SMILES string of the molecule is C[C@@H]1CC(C)(C)c2cccc(NC(O)c3cn(C)nc3C(F)F)c21. The van der Waals surface area contributed by atoms with Gasteiger partial charge in [-0.05, 0) is 34.9 Å². The lowest BCUT2D eigenvalue weighted by Gasteiger charge is -2.21. The van der Waals surface area contributed by atoms with Gasteiger partial charge < -0.3 is 10.4 Å². The van der Waals surface area contributed by atoms with Crippen molar-refractivity contribution in [1.82, 2.24) is 9.78 Å². The van der Waals surface area contributed by atoms with Gasteiger partial charge >= 0.3 is 0 Å². The zero-order chi connectivity index (χ0) is 17.6. The molecule has 1 aromatic carbocycles. The quantitative estimate of drug-likeness (QED) is 0.822. The van der Waals surface area contributed by atoms with Crippen LogP contribution in [-0.2, 0) is 12.5 Å². The van der Waals surface area contributed by atoms with Gasteiger partial charge in [-0.2, -0.15) is 5.10 Å². The molecule has 1 unspecified atom stereocenters. The largest absolute Gasteiger partial charge is 0.369 e. The number of nitrogens with one attached hydrogen (secondary N) is 1. The average molecular weight is 335 g/mol. The molecular formula is C18H23F2N3O. The molecule has 3 rings (SSSR count). The minimum atomic E-state index is -2.73. The average Bonchev–Trinajstić information content (AvgIpc) is 2.98. The highest BCUT2D eigenvalue weighted by Gasteiger charge is 2.36. The Morgan fingerprint density at radius 3 is 2.75 bits per heavy atom. The van der Waals surface area contributed by atoms with Gasteiger partial charge in [-0.25, -0.2) is 8.78 Å². The Labute approximate surface area is 140 Å². The summed E-state index contributed by atoms with van der Waals surface area (Å²) in [7, 11) is 1.56. The highest BCUT2D eigenvalue weighted by Crippen LogP contribution is 2.48. The van der Waals surface area contributed by atoms with Crippen LogP contribution in [0.3, 0.4) is 0 Å². The summed E-state index contributed by atoms with van der Waals surface area (Å²) in [5.74, 6) is 0.342. The summed E-state index contributed by atoms with van der Waals surface area (Å²) < 4.78 is 27.5. The van der Waals surface area contributed by atoms with E-state index in [-0.39, 0.29) is 11.0 Å². The van der Waals surface area contributed by atoms with Crippen molar-refractivity contribution in [2.24, 2.45) is 7.05 Å². The Balaban J connectivity index is 1.95. The molecule has 0 radical (unpaired) electrons. The lowest BCUT2D eigenvalue weighted by molar-refractivity contribution is 0.136. The van der Waals surface area contributed by atoms with Crippen LogP contribution in [0, 0.1) is 0 Å². The third-order valence-electron chi connectivity index (χ3n) is 4.83. The molecule has 1 aliphatic rings. The zero-order valence-corrected chi connectivity index (χ0v) is 14.3. The zero-order valence-electron chi connectivity index (χ0n) is 14.3. The monoisotopic (exact) mass is 335 g/mol. The number of aryl methyl sites for hydroxylation is 1. The van der Waals surface area contributed by atoms with Crippen molar-refractivity contribution in [1.29, 1.82) is 0 Å². The first-order valence-electron chi connectivity index (χ1n) is 8.10. The second-order valence-electron chi connectivity index (χ2n) is 7.25. The third-order valence-corrected chi connectivity index (χ3v) is 4.83. The molecule has 6 heteroatoms. The van der Waals surface area contributed by atoms with Crippen molar-refractivity contribution < 1.29 is 13.9 Å². The second-order valence-corrected chi connectivity index (χ2v) is 7.25. The molecule has 0 saturated heterocycles. The number of rotatable bonds is 4. The van der Waals surface area contributed by atoms with Crippen LogP contribution >= 0.6 is 0 Å². The number of halogens is 2. The minimum absolute atomic E-state index is 0.0693. The van der Waals surface area contributed by atoms with E-state index in [1.807, 2.05) is 12.1 Å². The summed E-state index contributed by atoms with van der Waals surface area (Å²) in [6.07, 6.45) is -1.51. The molecule has 1 aliphatic carbocycles. The number of aliphatic hydroxyl groups is 1. The van der Waals surface area contributed by atoms with E-state index >= 15 is 0 Å². The summed E-state index contributed by atoms with van der Waals surface area (Å²) >= 11 is 0. The minimum Gasteiger partial charge on any atom is -0.369 e. The number of hydrogen-bond donors (Lipinski definition) is 2. The molecule has 0 bridgehead atoms. The van der Waals surface area contributed by atoms with Crippen LogP contribution < -0.4 is 5.32 Å². The number of aromatic nitrogens is 2. The van der Waals surface area contributed by atoms with Crippen LogP contribution in [0.1, 0.15) is 68.1 Å². The number of anilines is 1. The highest BCUT2D eigenvalue weighted by atomic mass is 19.3. The lowest BCUT2D eigenvalue weighted by atomic mass is 9.86. The van der Waals surface area contributed by atoms with E-state index in [0.717, 1.165) is 17.7 Å². The second kappa shape index (κ2) is 5.84. The molecule has 2 atom stereocenters. The standard InChI is InChI=1S/C18H23F2N3O/c1-10-8-18(2,3)12-6-5-7-13(14(10)12)21-17(24)11-9-23(4)22-15(11)16(19)20/h5-7,9-10,16-17,21,24H,8H2,1-4H3/t10-,17?/m1/s1. The maximum atomic E-state index is 13.1. The molecule has 1 heterocycles. The van der Waals surface area contributed by atoms with E-state index < -0.39 is 18.3 Å². The van der Waals surface area contributed by atoms with Crippen LogP contribution in [0.25, 0.3) is 0 Å². The van der Waals surface area contributed by atoms with Gasteiger partial charge in [0.2, 0.25) is 0 Å². The van der Waals surface area contributed by atoms with E-state index in [2.05, 4.69) is 37.3 Å². The molecule has 0 spiro atoms. The summed E-state index contributed by atoms with van der Waals surface area (Å²) in [6, 6.07) is 5.92. The predicted octanol–water partition coefficient (Wildman–Crippen LogP) is 4.25. The number of fused-ring (bicyclic) bond motifs is 1. The van der Waals surface area contributed by atoms with E-state index in [1.54, 1.807) is 7.05 Å². The molecular weight excluding hydrogens is 312 g/mol. The molecule has 4 nitrogen and oxygen atoms in total. The normalized spacial score (nSPS) is 20.2. The summed E-state index contributed by atoms with van der Waals surface area (Å²) in [4.78, 5) is 0. The topological polar surface area (TPSA) is 50.1 Å². The van der Waals surface area contributed by atoms with Gasteiger partial charge in [0.1, 0.15) is 5.69 Å². The Morgan fingerprint density at radius 2 is 2.08 bits per heavy atom. The molecule has 0 aliphatic heterocycles.